The number of hydrazine groups is 1. The van der Waals surface area contributed by atoms with Crippen molar-refractivity contribution in [2.75, 3.05) is 13.7 Å². The summed E-state index contributed by atoms with van der Waals surface area (Å²) >= 11 is 0. The molecule has 0 aliphatic carbocycles. The molecule has 0 aliphatic heterocycles. The van der Waals surface area contributed by atoms with Gasteiger partial charge in [-0.2, -0.15) is 4.72 Å². The average Bonchev–Trinajstić information content (AvgIpc) is 2.75. The van der Waals surface area contributed by atoms with Crippen molar-refractivity contribution in [2.24, 2.45) is 5.92 Å². The predicted octanol–water partition coefficient (Wildman–Crippen LogP) is 1.92. The van der Waals surface area contributed by atoms with Crippen molar-refractivity contribution < 1.29 is 27.5 Å². The van der Waals surface area contributed by atoms with E-state index in [0.29, 0.717) is 11.5 Å². The van der Waals surface area contributed by atoms with Gasteiger partial charge in [0.1, 0.15) is 17.5 Å². The molecule has 0 heterocycles. The maximum Gasteiger partial charge on any atom is 0.276 e. The summed E-state index contributed by atoms with van der Waals surface area (Å²) in [5.41, 5.74) is 5.49. The Hall–Kier alpha value is -3.11. The third-order valence-corrected chi connectivity index (χ3v) is 5.86. The SMILES string of the molecule is COc1ccc(S(=O)(=O)NC(CC(C)C)C(=O)NNC(=O)COc2cccc(C)c2)cc1. The van der Waals surface area contributed by atoms with Crippen LogP contribution in [0.4, 0.5) is 0 Å². The molecular formula is C22H29N3O6S. The molecule has 2 rings (SSSR count). The number of sulfonamides is 1. The monoisotopic (exact) mass is 463 g/mol. The minimum absolute atomic E-state index is 0.00422. The first-order chi connectivity index (χ1) is 15.1. The zero-order valence-corrected chi connectivity index (χ0v) is 19.4. The standard InChI is InChI=1S/C22H29N3O6S/c1-15(2)12-20(25-32(28,29)19-10-8-17(30-4)9-11-19)22(27)24-23-21(26)14-31-18-7-5-6-16(3)13-18/h5-11,13,15,20,25H,12,14H2,1-4H3,(H,23,26)(H,24,27). The largest absolute Gasteiger partial charge is 0.497 e. The molecule has 1 atom stereocenters. The molecule has 0 bridgehead atoms. The Morgan fingerprint density at radius 3 is 2.28 bits per heavy atom. The molecule has 2 aromatic carbocycles. The summed E-state index contributed by atoms with van der Waals surface area (Å²) in [5.74, 6) is -0.210. The van der Waals surface area contributed by atoms with E-state index in [1.54, 1.807) is 18.2 Å². The highest BCUT2D eigenvalue weighted by atomic mass is 32.2. The number of ether oxygens (including phenoxy) is 2. The van der Waals surface area contributed by atoms with E-state index in [0.717, 1.165) is 5.56 Å². The van der Waals surface area contributed by atoms with Gasteiger partial charge >= 0.3 is 0 Å². The number of rotatable bonds is 10. The fraction of sp³-hybridized carbons (Fsp3) is 0.364. The van der Waals surface area contributed by atoms with Crippen LogP contribution in [-0.4, -0.2) is 40.0 Å². The second-order valence-electron chi connectivity index (χ2n) is 7.62. The lowest BCUT2D eigenvalue weighted by atomic mass is 10.0. The van der Waals surface area contributed by atoms with Gasteiger partial charge in [0, 0.05) is 0 Å². The van der Waals surface area contributed by atoms with Crippen molar-refractivity contribution in [3.05, 3.63) is 54.1 Å². The van der Waals surface area contributed by atoms with Gasteiger partial charge in [-0.15, -0.1) is 0 Å². The molecule has 0 fully saturated rings. The van der Waals surface area contributed by atoms with Crippen LogP contribution in [0.3, 0.4) is 0 Å². The highest BCUT2D eigenvalue weighted by molar-refractivity contribution is 7.89. The van der Waals surface area contributed by atoms with Crippen molar-refractivity contribution >= 4 is 21.8 Å². The van der Waals surface area contributed by atoms with E-state index in [1.807, 2.05) is 26.8 Å². The normalized spacial score (nSPS) is 12.2. The second-order valence-corrected chi connectivity index (χ2v) is 9.34. The highest BCUT2D eigenvalue weighted by Crippen LogP contribution is 2.17. The topological polar surface area (TPSA) is 123 Å². The molecule has 0 spiro atoms. The van der Waals surface area contributed by atoms with E-state index in [1.165, 1.54) is 31.4 Å². The van der Waals surface area contributed by atoms with Gasteiger partial charge in [-0.05, 0) is 61.2 Å². The molecule has 0 saturated carbocycles. The summed E-state index contributed by atoms with van der Waals surface area (Å²) in [4.78, 5) is 24.6. The zero-order valence-electron chi connectivity index (χ0n) is 18.5. The molecule has 0 saturated heterocycles. The van der Waals surface area contributed by atoms with Crippen LogP contribution >= 0.6 is 0 Å². The number of carbonyl (C=O) groups is 2. The molecule has 1 unspecified atom stereocenters. The van der Waals surface area contributed by atoms with Crippen molar-refractivity contribution in [3.63, 3.8) is 0 Å². The Labute approximate surface area is 188 Å². The lowest BCUT2D eigenvalue weighted by Crippen LogP contribution is -2.53. The summed E-state index contributed by atoms with van der Waals surface area (Å²) < 4.78 is 38.2. The van der Waals surface area contributed by atoms with Gasteiger partial charge in [0.2, 0.25) is 10.0 Å². The second kappa shape index (κ2) is 11.5. The molecule has 32 heavy (non-hydrogen) atoms. The number of methoxy groups -OCH3 is 1. The number of hydrogen-bond donors (Lipinski definition) is 3. The lowest BCUT2D eigenvalue weighted by molar-refractivity contribution is -0.131. The number of nitrogens with one attached hydrogen (secondary N) is 3. The summed E-state index contributed by atoms with van der Waals surface area (Å²) in [6.07, 6.45) is 0.233. The quantitative estimate of drug-likeness (QED) is 0.463. The van der Waals surface area contributed by atoms with E-state index in [4.69, 9.17) is 9.47 Å². The van der Waals surface area contributed by atoms with Gasteiger partial charge in [-0.25, -0.2) is 8.42 Å². The molecule has 0 radical (unpaired) electrons. The van der Waals surface area contributed by atoms with Gasteiger partial charge in [0.25, 0.3) is 11.8 Å². The molecule has 174 valence electrons. The Kier molecular flexibility index (Phi) is 9.03. The first kappa shape index (κ1) is 25.2. The predicted molar refractivity (Wildman–Crippen MR) is 120 cm³/mol. The van der Waals surface area contributed by atoms with Gasteiger partial charge in [-0.3, -0.25) is 20.4 Å². The van der Waals surface area contributed by atoms with Crippen LogP contribution in [0.15, 0.2) is 53.4 Å². The van der Waals surface area contributed by atoms with Crippen LogP contribution in [0, 0.1) is 12.8 Å². The van der Waals surface area contributed by atoms with E-state index in [2.05, 4.69) is 15.6 Å². The summed E-state index contributed by atoms with van der Waals surface area (Å²) in [5, 5.41) is 0. The van der Waals surface area contributed by atoms with Crippen molar-refractivity contribution in [1.82, 2.24) is 15.6 Å². The maximum absolute atomic E-state index is 12.7. The summed E-state index contributed by atoms with van der Waals surface area (Å²) in [6.45, 7) is 5.30. The molecule has 10 heteroatoms. The van der Waals surface area contributed by atoms with Crippen LogP contribution in [0.1, 0.15) is 25.8 Å². The minimum atomic E-state index is -3.97. The van der Waals surface area contributed by atoms with E-state index < -0.39 is 27.9 Å². The molecular weight excluding hydrogens is 434 g/mol. The average molecular weight is 464 g/mol. The van der Waals surface area contributed by atoms with E-state index in [9.17, 15) is 18.0 Å². The fourth-order valence-electron chi connectivity index (χ4n) is 2.80. The summed E-state index contributed by atoms with van der Waals surface area (Å²) in [7, 11) is -2.49. The van der Waals surface area contributed by atoms with Gasteiger partial charge in [0.15, 0.2) is 6.61 Å². The number of aryl methyl sites for hydroxylation is 1. The van der Waals surface area contributed by atoms with E-state index >= 15 is 0 Å². The third-order valence-electron chi connectivity index (χ3n) is 4.38. The van der Waals surface area contributed by atoms with E-state index in [-0.39, 0.29) is 23.8 Å². The zero-order chi connectivity index (χ0) is 23.7. The first-order valence-electron chi connectivity index (χ1n) is 10.0. The number of benzene rings is 2. The van der Waals surface area contributed by atoms with Gasteiger partial charge in [-0.1, -0.05) is 26.0 Å². The molecule has 9 nitrogen and oxygen atoms in total. The number of amides is 2. The molecule has 0 aliphatic rings. The third kappa shape index (κ3) is 7.86. The number of carbonyl (C=O) groups excluding carboxylic acids is 2. The van der Waals surface area contributed by atoms with Gasteiger partial charge in [0.05, 0.1) is 12.0 Å². The van der Waals surface area contributed by atoms with Crippen LogP contribution < -0.4 is 25.0 Å². The van der Waals surface area contributed by atoms with Crippen LogP contribution in [-0.2, 0) is 19.6 Å². The van der Waals surface area contributed by atoms with Crippen LogP contribution in [0.25, 0.3) is 0 Å². The smallest absolute Gasteiger partial charge is 0.276 e. The molecule has 3 N–H and O–H groups in total. The Balaban J connectivity index is 1.96. The minimum Gasteiger partial charge on any atom is -0.497 e. The summed E-state index contributed by atoms with van der Waals surface area (Å²) in [6, 6.07) is 11.9. The highest BCUT2D eigenvalue weighted by Gasteiger charge is 2.27. The number of hydrogen-bond acceptors (Lipinski definition) is 6. The van der Waals surface area contributed by atoms with Crippen LogP contribution in [0.2, 0.25) is 0 Å². The molecule has 2 amide bonds. The fourth-order valence-corrected chi connectivity index (χ4v) is 4.01. The molecule has 2 aromatic rings. The van der Waals surface area contributed by atoms with Crippen molar-refractivity contribution in [2.45, 2.75) is 38.1 Å². The molecule has 0 aromatic heterocycles. The van der Waals surface area contributed by atoms with Crippen LogP contribution in [0.5, 0.6) is 11.5 Å². The van der Waals surface area contributed by atoms with Gasteiger partial charge < -0.3 is 9.47 Å². The first-order valence-corrected chi connectivity index (χ1v) is 11.5. The Morgan fingerprint density at radius 2 is 1.69 bits per heavy atom. The Morgan fingerprint density at radius 1 is 1.00 bits per heavy atom. The van der Waals surface area contributed by atoms with Crippen molar-refractivity contribution in [3.8, 4) is 11.5 Å². The lowest BCUT2D eigenvalue weighted by Gasteiger charge is -2.20. The maximum atomic E-state index is 12.7. The van der Waals surface area contributed by atoms with Crippen molar-refractivity contribution in [1.29, 1.82) is 0 Å². The Bertz CT molecular complexity index is 1020.